The van der Waals surface area contributed by atoms with Crippen molar-refractivity contribution in [2.75, 3.05) is 7.11 Å². The standard InChI is InChI=1S/C22H21NO5/c1-13(2)19(22(26)27-3)23-20(24)16-9-6-8-14(11-16)17-12-15-7-4-5-10-18(15)28-21(17)25/h4-13,19H,1-3H3,(H,23,24)/t19-/m0/s1. The molecule has 0 aliphatic carbocycles. The van der Waals surface area contributed by atoms with Crippen molar-refractivity contribution in [3.63, 3.8) is 0 Å². The van der Waals surface area contributed by atoms with Crippen LogP contribution < -0.4 is 10.9 Å². The Bertz CT molecular complexity index is 1080. The average molecular weight is 379 g/mol. The predicted molar refractivity (Wildman–Crippen MR) is 106 cm³/mol. The molecule has 0 bridgehead atoms. The third kappa shape index (κ3) is 3.96. The number of carbonyl (C=O) groups is 2. The smallest absolute Gasteiger partial charge is 0.344 e. The molecule has 0 radical (unpaired) electrons. The van der Waals surface area contributed by atoms with Gasteiger partial charge < -0.3 is 14.5 Å². The van der Waals surface area contributed by atoms with E-state index in [-0.39, 0.29) is 5.92 Å². The van der Waals surface area contributed by atoms with Crippen LogP contribution in [0.25, 0.3) is 22.1 Å². The highest BCUT2D eigenvalue weighted by Gasteiger charge is 2.25. The summed E-state index contributed by atoms with van der Waals surface area (Å²) in [5.74, 6) is -1.06. The van der Waals surface area contributed by atoms with Gasteiger partial charge in [-0.3, -0.25) is 4.79 Å². The number of carbonyl (C=O) groups excluding carboxylic acids is 2. The second-order valence-electron chi connectivity index (χ2n) is 6.78. The molecule has 0 aliphatic rings. The van der Waals surface area contributed by atoms with Crippen LogP contribution in [0.3, 0.4) is 0 Å². The maximum atomic E-state index is 12.6. The molecule has 6 heteroatoms. The van der Waals surface area contributed by atoms with Gasteiger partial charge >= 0.3 is 11.6 Å². The van der Waals surface area contributed by atoms with E-state index in [1.807, 2.05) is 26.0 Å². The van der Waals surface area contributed by atoms with E-state index in [1.165, 1.54) is 7.11 Å². The summed E-state index contributed by atoms with van der Waals surface area (Å²) in [5.41, 5.74) is 1.28. The molecule has 0 saturated carbocycles. The Morgan fingerprint density at radius 1 is 1.04 bits per heavy atom. The lowest BCUT2D eigenvalue weighted by Crippen LogP contribution is -2.45. The Morgan fingerprint density at radius 2 is 1.79 bits per heavy atom. The first-order valence-electron chi connectivity index (χ1n) is 8.92. The molecule has 3 aromatic rings. The lowest BCUT2D eigenvalue weighted by Gasteiger charge is -2.19. The van der Waals surface area contributed by atoms with Gasteiger partial charge in [0.25, 0.3) is 5.91 Å². The topological polar surface area (TPSA) is 85.6 Å². The van der Waals surface area contributed by atoms with Gasteiger partial charge in [0.05, 0.1) is 12.7 Å². The van der Waals surface area contributed by atoms with Crippen LogP contribution >= 0.6 is 0 Å². The Balaban J connectivity index is 1.94. The van der Waals surface area contributed by atoms with Crippen molar-refractivity contribution in [2.45, 2.75) is 19.9 Å². The van der Waals surface area contributed by atoms with E-state index in [0.717, 1.165) is 5.39 Å². The number of ether oxygens (including phenoxy) is 1. The highest BCUT2D eigenvalue weighted by Crippen LogP contribution is 2.22. The van der Waals surface area contributed by atoms with Crippen molar-refractivity contribution < 1.29 is 18.7 Å². The van der Waals surface area contributed by atoms with Gasteiger partial charge in [-0.2, -0.15) is 0 Å². The molecule has 1 amide bonds. The second-order valence-corrected chi connectivity index (χ2v) is 6.78. The monoisotopic (exact) mass is 379 g/mol. The number of esters is 1. The first-order valence-corrected chi connectivity index (χ1v) is 8.92. The lowest BCUT2D eigenvalue weighted by molar-refractivity contribution is -0.144. The SMILES string of the molecule is COC(=O)[C@@H](NC(=O)c1cccc(-c2cc3ccccc3oc2=O)c1)C(C)C. The lowest BCUT2D eigenvalue weighted by atomic mass is 10.0. The summed E-state index contributed by atoms with van der Waals surface area (Å²) in [4.78, 5) is 36.9. The average Bonchev–Trinajstić information content (AvgIpc) is 2.70. The van der Waals surface area contributed by atoms with Gasteiger partial charge in [0.1, 0.15) is 11.6 Å². The molecule has 28 heavy (non-hydrogen) atoms. The third-order valence-electron chi connectivity index (χ3n) is 4.49. The highest BCUT2D eigenvalue weighted by molar-refractivity contribution is 5.98. The van der Waals surface area contributed by atoms with Crippen LogP contribution in [0.15, 0.2) is 63.8 Å². The number of amides is 1. The van der Waals surface area contributed by atoms with Crippen LogP contribution in [0.4, 0.5) is 0 Å². The number of benzene rings is 2. The minimum absolute atomic E-state index is 0.132. The van der Waals surface area contributed by atoms with Crippen LogP contribution in [-0.4, -0.2) is 25.0 Å². The number of nitrogens with one attached hydrogen (secondary N) is 1. The minimum Gasteiger partial charge on any atom is -0.467 e. The number of fused-ring (bicyclic) bond motifs is 1. The van der Waals surface area contributed by atoms with E-state index in [4.69, 9.17) is 9.15 Å². The van der Waals surface area contributed by atoms with Gasteiger partial charge in [0.15, 0.2) is 0 Å². The largest absolute Gasteiger partial charge is 0.467 e. The fraction of sp³-hybridized carbons (Fsp3) is 0.227. The van der Waals surface area contributed by atoms with Gasteiger partial charge in [-0.15, -0.1) is 0 Å². The molecular weight excluding hydrogens is 358 g/mol. The molecule has 0 fully saturated rings. The summed E-state index contributed by atoms with van der Waals surface area (Å²) in [7, 11) is 1.28. The second kappa shape index (κ2) is 8.08. The molecule has 1 heterocycles. The molecule has 1 atom stereocenters. The van der Waals surface area contributed by atoms with Crippen molar-refractivity contribution in [2.24, 2.45) is 5.92 Å². The Labute approximate surface area is 162 Å². The molecule has 144 valence electrons. The summed E-state index contributed by atoms with van der Waals surface area (Å²) in [6, 6.07) is 14.8. The van der Waals surface area contributed by atoms with Gasteiger partial charge in [-0.05, 0) is 35.7 Å². The van der Waals surface area contributed by atoms with Crippen molar-refractivity contribution in [3.8, 4) is 11.1 Å². The van der Waals surface area contributed by atoms with Gasteiger partial charge in [0.2, 0.25) is 0 Å². The number of hydrogen-bond acceptors (Lipinski definition) is 5. The van der Waals surface area contributed by atoms with E-state index in [1.54, 1.807) is 42.5 Å². The molecule has 0 unspecified atom stereocenters. The third-order valence-corrected chi connectivity index (χ3v) is 4.49. The number of methoxy groups -OCH3 is 1. The molecule has 2 aromatic carbocycles. The quantitative estimate of drug-likeness (QED) is 0.542. The predicted octanol–water partition coefficient (Wildman–Crippen LogP) is 3.39. The molecule has 1 aromatic heterocycles. The van der Waals surface area contributed by atoms with Crippen LogP contribution in [0.5, 0.6) is 0 Å². The summed E-state index contributed by atoms with van der Waals surface area (Å²) >= 11 is 0. The van der Waals surface area contributed by atoms with E-state index in [9.17, 15) is 14.4 Å². The van der Waals surface area contributed by atoms with Gasteiger partial charge in [-0.1, -0.05) is 44.2 Å². The van der Waals surface area contributed by atoms with Crippen molar-refractivity contribution >= 4 is 22.8 Å². The summed E-state index contributed by atoms with van der Waals surface area (Å²) in [6.07, 6.45) is 0. The zero-order chi connectivity index (χ0) is 20.3. The summed E-state index contributed by atoms with van der Waals surface area (Å²) < 4.78 is 10.1. The van der Waals surface area contributed by atoms with Crippen LogP contribution in [-0.2, 0) is 9.53 Å². The zero-order valence-corrected chi connectivity index (χ0v) is 15.9. The fourth-order valence-corrected chi connectivity index (χ4v) is 2.94. The molecule has 6 nitrogen and oxygen atoms in total. The van der Waals surface area contributed by atoms with Gasteiger partial charge in [-0.25, -0.2) is 9.59 Å². The number of hydrogen-bond donors (Lipinski definition) is 1. The summed E-state index contributed by atoms with van der Waals surface area (Å²) in [5, 5.41) is 3.48. The van der Waals surface area contributed by atoms with Gasteiger partial charge in [0, 0.05) is 10.9 Å². The molecule has 3 rings (SSSR count). The molecule has 0 spiro atoms. The first-order chi connectivity index (χ1) is 13.4. The van der Waals surface area contributed by atoms with Crippen LogP contribution in [0.2, 0.25) is 0 Å². The van der Waals surface area contributed by atoms with Crippen LogP contribution in [0, 0.1) is 5.92 Å². The molecule has 0 aliphatic heterocycles. The Morgan fingerprint density at radius 3 is 2.50 bits per heavy atom. The normalized spacial score (nSPS) is 12.0. The zero-order valence-electron chi connectivity index (χ0n) is 15.9. The molecule has 0 saturated heterocycles. The Hall–Kier alpha value is -3.41. The Kier molecular flexibility index (Phi) is 5.59. The van der Waals surface area contributed by atoms with E-state index in [2.05, 4.69) is 5.32 Å². The molecule has 1 N–H and O–H groups in total. The van der Waals surface area contributed by atoms with Crippen molar-refractivity contribution in [1.82, 2.24) is 5.32 Å². The fourth-order valence-electron chi connectivity index (χ4n) is 2.94. The van der Waals surface area contributed by atoms with E-state index in [0.29, 0.717) is 22.3 Å². The summed E-state index contributed by atoms with van der Waals surface area (Å²) in [6.45, 7) is 3.64. The highest BCUT2D eigenvalue weighted by atomic mass is 16.5. The number of rotatable bonds is 5. The van der Waals surface area contributed by atoms with Crippen LogP contribution in [0.1, 0.15) is 24.2 Å². The maximum Gasteiger partial charge on any atom is 0.344 e. The van der Waals surface area contributed by atoms with E-state index < -0.39 is 23.5 Å². The van der Waals surface area contributed by atoms with Crippen molar-refractivity contribution in [1.29, 1.82) is 0 Å². The van der Waals surface area contributed by atoms with Crippen molar-refractivity contribution in [3.05, 3.63) is 70.6 Å². The maximum absolute atomic E-state index is 12.6. The van der Waals surface area contributed by atoms with E-state index >= 15 is 0 Å². The minimum atomic E-state index is -0.758. The first kappa shape index (κ1) is 19.4. The number of para-hydroxylation sites is 1. The molecular formula is C22H21NO5.